The number of aromatic nitrogens is 2. The number of nitro groups is 1. The van der Waals surface area contributed by atoms with Crippen LogP contribution in [-0.2, 0) is 0 Å². The van der Waals surface area contributed by atoms with E-state index in [9.17, 15) is 14.9 Å². The van der Waals surface area contributed by atoms with Crippen molar-refractivity contribution >= 4 is 46.0 Å². The van der Waals surface area contributed by atoms with Crippen molar-refractivity contribution in [3.8, 4) is 0 Å². The largest absolute Gasteiger partial charge is 0.433 e. The fraction of sp³-hybridized carbons (Fsp3) is 0.400. The van der Waals surface area contributed by atoms with Crippen molar-refractivity contribution in [2.45, 2.75) is 26.8 Å². The molecular formula is C20H23N5O4S. The Kier molecular flexibility index (Phi) is 5.42. The molecule has 0 saturated carbocycles. The van der Waals surface area contributed by atoms with Gasteiger partial charge in [-0.25, -0.2) is 4.98 Å². The fourth-order valence-corrected chi connectivity index (χ4v) is 4.70. The number of rotatable bonds is 5. The van der Waals surface area contributed by atoms with Gasteiger partial charge in [0.25, 0.3) is 5.91 Å². The summed E-state index contributed by atoms with van der Waals surface area (Å²) in [4.78, 5) is 29.8. The van der Waals surface area contributed by atoms with Crippen LogP contribution in [0.1, 0.15) is 36.3 Å². The molecule has 3 aromatic rings. The number of nitrogens with zero attached hydrogens (tertiary/aromatic N) is 4. The molecule has 0 bridgehead atoms. The molecule has 1 amide bonds. The Morgan fingerprint density at radius 1 is 1.30 bits per heavy atom. The molecule has 0 atom stereocenters. The molecule has 4 rings (SSSR count). The third kappa shape index (κ3) is 3.74. The van der Waals surface area contributed by atoms with Gasteiger partial charge in [0.05, 0.1) is 28.5 Å². The molecule has 1 N–H and O–H groups in total. The zero-order valence-corrected chi connectivity index (χ0v) is 17.9. The Bertz CT molecular complexity index is 1110. The van der Waals surface area contributed by atoms with Gasteiger partial charge in [-0.1, -0.05) is 0 Å². The van der Waals surface area contributed by atoms with Gasteiger partial charge in [0.2, 0.25) is 0 Å². The quantitative estimate of drug-likeness (QED) is 0.478. The second kappa shape index (κ2) is 8.02. The molecule has 30 heavy (non-hydrogen) atoms. The number of carbonyl (C=O) groups excluding carboxylic acids is 1. The number of fused-ring (bicyclic) bond motifs is 1. The summed E-state index contributed by atoms with van der Waals surface area (Å²) in [5, 5.41) is 13.7. The topological polar surface area (TPSA) is 106 Å². The average Bonchev–Trinajstić information content (AvgIpc) is 3.32. The van der Waals surface area contributed by atoms with Crippen LogP contribution in [0, 0.1) is 17.0 Å². The van der Waals surface area contributed by atoms with Crippen LogP contribution in [0.4, 0.5) is 17.3 Å². The summed E-state index contributed by atoms with van der Waals surface area (Å²) >= 11 is 1.91. The highest BCUT2D eigenvalue weighted by atomic mass is 32.2. The second-order valence-corrected chi connectivity index (χ2v) is 8.65. The summed E-state index contributed by atoms with van der Waals surface area (Å²) in [5.41, 5.74) is 3.34. The van der Waals surface area contributed by atoms with E-state index in [0.717, 1.165) is 47.1 Å². The molecule has 0 aliphatic carbocycles. The Labute approximate surface area is 177 Å². The third-order valence-corrected chi connectivity index (χ3v) is 6.04. The van der Waals surface area contributed by atoms with Crippen LogP contribution < -0.4 is 10.2 Å². The number of anilines is 2. The number of furan rings is 1. The van der Waals surface area contributed by atoms with Crippen molar-refractivity contribution in [1.82, 2.24) is 9.55 Å². The maximum Gasteiger partial charge on any atom is 0.433 e. The number of hydrogen-bond acceptors (Lipinski definition) is 7. The average molecular weight is 430 g/mol. The van der Waals surface area contributed by atoms with Crippen molar-refractivity contribution in [2.24, 2.45) is 0 Å². The van der Waals surface area contributed by atoms with Gasteiger partial charge in [0, 0.05) is 30.6 Å². The molecule has 0 radical (unpaired) electrons. The SMILES string of the molecule is Cc1nc2cc(NC(=O)c3ccc([N+](=O)[O-])o3)c(N3CCSCC3)cc2n1C(C)C. The maximum atomic E-state index is 12.7. The van der Waals surface area contributed by atoms with Crippen molar-refractivity contribution in [3.63, 3.8) is 0 Å². The van der Waals surface area contributed by atoms with E-state index in [2.05, 4.69) is 39.7 Å². The zero-order chi connectivity index (χ0) is 21.4. The van der Waals surface area contributed by atoms with Gasteiger partial charge in [-0.15, -0.1) is 0 Å². The first kappa shape index (κ1) is 20.3. The number of imidazole rings is 1. The van der Waals surface area contributed by atoms with Crippen LogP contribution in [0.3, 0.4) is 0 Å². The van der Waals surface area contributed by atoms with E-state index < -0.39 is 16.7 Å². The van der Waals surface area contributed by atoms with Crippen molar-refractivity contribution in [2.75, 3.05) is 34.8 Å². The van der Waals surface area contributed by atoms with Gasteiger partial charge in [-0.05, 0) is 39.0 Å². The summed E-state index contributed by atoms with van der Waals surface area (Å²) < 4.78 is 7.24. The fourth-order valence-electron chi connectivity index (χ4n) is 3.80. The number of hydrogen-bond donors (Lipinski definition) is 1. The lowest BCUT2D eigenvalue weighted by Gasteiger charge is -2.30. The molecule has 0 unspecified atom stereocenters. The summed E-state index contributed by atoms with van der Waals surface area (Å²) in [6, 6.07) is 6.68. The van der Waals surface area contributed by atoms with Crippen LogP contribution in [0.5, 0.6) is 0 Å². The summed E-state index contributed by atoms with van der Waals surface area (Å²) in [5.74, 6) is 1.83. The number of thioether (sulfide) groups is 1. The minimum Gasteiger partial charge on any atom is -0.395 e. The van der Waals surface area contributed by atoms with Crippen LogP contribution in [0.25, 0.3) is 11.0 Å². The monoisotopic (exact) mass is 429 g/mol. The summed E-state index contributed by atoms with van der Waals surface area (Å²) in [6.07, 6.45) is 0. The van der Waals surface area contributed by atoms with Crippen LogP contribution in [-0.4, -0.2) is 45.0 Å². The predicted octanol–water partition coefficient (Wildman–Crippen LogP) is 4.23. The number of carbonyl (C=O) groups is 1. The highest BCUT2D eigenvalue weighted by Crippen LogP contribution is 2.35. The lowest BCUT2D eigenvalue weighted by Crippen LogP contribution is -2.33. The van der Waals surface area contributed by atoms with E-state index in [-0.39, 0.29) is 11.8 Å². The Balaban J connectivity index is 1.76. The first-order chi connectivity index (χ1) is 14.3. The standard InChI is InChI=1S/C20H23N5O4S/c1-12(2)24-13(3)21-15-10-14(16(11-17(15)24)23-6-8-30-9-7-23)22-20(26)18-4-5-19(29-18)25(27)28/h4-5,10-12H,6-9H2,1-3H3,(H,22,26). The van der Waals surface area contributed by atoms with E-state index in [1.54, 1.807) is 0 Å². The van der Waals surface area contributed by atoms with Gasteiger partial charge < -0.3 is 19.2 Å². The molecule has 1 fully saturated rings. The van der Waals surface area contributed by atoms with Gasteiger partial charge in [-0.3, -0.25) is 14.9 Å². The van der Waals surface area contributed by atoms with E-state index in [0.29, 0.717) is 5.69 Å². The molecular weight excluding hydrogens is 406 g/mol. The molecule has 158 valence electrons. The van der Waals surface area contributed by atoms with Crippen molar-refractivity contribution in [3.05, 3.63) is 46.0 Å². The molecule has 10 heteroatoms. The van der Waals surface area contributed by atoms with E-state index in [1.165, 1.54) is 12.1 Å². The lowest BCUT2D eigenvalue weighted by molar-refractivity contribution is -0.402. The van der Waals surface area contributed by atoms with E-state index >= 15 is 0 Å². The van der Waals surface area contributed by atoms with Crippen LogP contribution >= 0.6 is 11.8 Å². The van der Waals surface area contributed by atoms with Gasteiger partial charge >= 0.3 is 5.88 Å². The molecule has 9 nitrogen and oxygen atoms in total. The lowest BCUT2D eigenvalue weighted by atomic mass is 10.2. The Morgan fingerprint density at radius 3 is 2.67 bits per heavy atom. The molecule has 1 aromatic carbocycles. The smallest absolute Gasteiger partial charge is 0.395 e. The zero-order valence-electron chi connectivity index (χ0n) is 17.0. The number of aryl methyl sites for hydroxylation is 1. The van der Waals surface area contributed by atoms with Crippen LogP contribution in [0.2, 0.25) is 0 Å². The number of benzene rings is 1. The highest BCUT2D eigenvalue weighted by Gasteiger charge is 2.23. The van der Waals surface area contributed by atoms with Crippen LogP contribution in [0.15, 0.2) is 28.7 Å². The molecule has 2 aromatic heterocycles. The molecule has 3 heterocycles. The molecule has 1 aliphatic rings. The Hall–Kier alpha value is -3.01. The third-order valence-electron chi connectivity index (χ3n) is 5.10. The van der Waals surface area contributed by atoms with Crippen molar-refractivity contribution in [1.29, 1.82) is 0 Å². The molecule has 1 saturated heterocycles. The number of amides is 1. The van der Waals surface area contributed by atoms with Gasteiger partial charge in [0.1, 0.15) is 10.7 Å². The number of nitrogens with one attached hydrogen (secondary N) is 1. The van der Waals surface area contributed by atoms with Gasteiger partial charge in [-0.2, -0.15) is 11.8 Å². The Morgan fingerprint density at radius 2 is 2.03 bits per heavy atom. The minimum absolute atomic E-state index is 0.106. The van der Waals surface area contributed by atoms with Crippen molar-refractivity contribution < 1.29 is 14.1 Å². The van der Waals surface area contributed by atoms with E-state index in [1.807, 2.05) is 24.8 Å². The van der Waals surface area contributed by atoms with Gasteiger partial charge in [0.15, 0.2) is 5.76 Å². The second-order valence-electron chi connectivity index (χ2n) is 7.43. The summed E-state index contributed by atoms with van der Waals surface area (Å²) in [6.45, 7) is 7.95. The minimum atomic E-state index is -0.666. The summed E-state index contributed by atoms with van der Waals surface area (Å²) in [7, 11) is 0. The highest BCUT2D eigenvalue weighted by molar-refractivity contribution is 7.99. The predicted molar refractivity (Wildman–Crippen MR) is 118 cm³/mol. The molecule has 1 aliphatic heterocycles. The first-order valence-electron chi connectivity index (χ1n) is 9.76. The normalized spacial score (nSPS) is 14.5. The molecule has 0 spiro atoms. The maximum absolute atomic E-state index is 12.7. The van der Waals surface area contributed by atoms with E-state index in [4.69, 9.17) is 4.42 Å². The first-order valence-corrected chi connectivity index (χ1v) is 10.9.